The number of fused-ring (bicyclic) bond motifs is 1. The number of ether oxygens (including phenoxy) is 1. The highest BCUT2D eigenvalue weighted by Crippen LogP contribution is 2.29. The summed E-state index contributed by atoms with van der Waals surface area (Å²) in [5.41, 5.74) is 0.721. The number of nitriles is 1. The molecule has 118 valence electrons. The Labute approximate surface area is 150 Å². The SMILES string of the molecule is COc1ccc(Br)cc1C=C(C#N)c1nc(=O)c2ccccc2s1. The Balaban J connectivity index is 2.18. The van der Waals surface area contributed by atoms with Gasteiger partial charge in [0.1, 0.15) is 16.8 Å². The van der Waals surface area contributed by atoms with Gasteiger partial charge in [-0.2, -0.15) is 10.2 Å². The van der Waals surface area contributed by atoms with E-state index in [4.69, 9.17) is 4.74 Å². The molecule has 0 bridgehead atoms. The average Bonchev–Trinajstić information content (AvgIpc) is 2.59. The Bertz CT molecular complexity index is 1050. The number of aromatic nitrogens is 1. The van der Waals surface area contributed by atoms with Crippen LogP contribution in [0.3, 0.4) is 0 Å². The van der Waals surface area contributed by atoms with Crippen LogP contribution < -0.4 is 10.3 Å². The number of allylic oxidation sites excluding steroid dienone is 1. The molecular formula is C18H11BrN2O2S. The van der Waals surface area contributed by atoms with Crippen molar-refractivity contribution in [2.45, 2.75) is 0 Å². The molecule has 0 saturated carbocycles. The molecule has 0 fully saturated rings. The molecule has 0 atom stereocenters. The van der Waals surface area contributed by atoms with E-state index in [0.717, 1.165) is 14.7 Å². The van der Waals surface area contributed by atoms with Gasteiger partial charge >= 0.3 is 0 Å². The van der Waals surface area contributed by atoms with E-state index >= 15 is 0 Å². The van der Waals surface area contributed by atoms with E-state index < -0.39 is 0 Å². The molecule has 0 N–H and O–H groups in total. The van der Waals surface area contributed by atoms with Crippen molar-refractivity contribution in [2.75, 3.05) is 7.11 Å². The lowest BCUT2D eigenvalue weighted by atomic mass is 10.1. The van der Waals surface area contributed by atoms with Crippen LogP contribution in [0, 0.1) is 11.3 Å². The smallest absolute Gasteiger partial charge is 0.279 e. The Morgan fingerprint density at radius 1 is 1.33 bits per heavy atom. The van der Waals surface area contributed by atoms with E-state index in [-0.39, 0.29) is 5.56 Å². The molecule has 0 aliphatic heterocycles. The second kappa shape index (κ2) is 6.95. The van der Waals surface area contributed by atoms with Gasteiger partial charge in [0.25, 0.3) is 5.56 Å². The van der Waals surface area contributed by atoms with Crippen molar-refractivity contribution in [3.8, 4) is 11.8 Å². The summed E-state index contributed by atoms with van der Waals surface area (Å²) in [6, 6.07) is 14.9. The highest BCUT2D eigenvalue weighted by molar-refractivity contribution is 9.10. The van der Waals surface area contributed by atoms with Crippen LogP contribution >= 0.6 is 27.3 Å². The Hall–Kier alpha value is -2.49. The molecule has 0 amide bonds. The predicted molar refractivity (Wildman–Crippen MR) is 100 cm³/mol. The first kappa shape index (κ1) is 16.4. The first-order valence-corrected chi connectivity index (χ1v) is 8.59. The zero-order chi connectivity index (χ0) is 17.1. The fourth-order valence-corrected chi connectivity index (χ4v) is 3.58. The highest BCUT2D eigenvalue weighted by atomic mass is 79.9. The van der Waals surface area contributed by atoms with E-state index in [1.165, 1.54) is 11.3 Å². The van der Waals surface area contributed by atoms with Crippen LogP contribution in [0.25, 0.3) is 21.7 Å². The zero-order valence-electron chi connectivity index (χ0n) is 12.6. The molecule has 0 unspecified atom stereocenters. The molecule has 4 nitrogen and oxygen atoms in total. The van der Waals surface area contributed by atoms with Crippen molar-refractivity contribution in [3.05, 3.63) is 67.9 Å². The van der Waals surface area contributed by atoms with Gasteiger partial charge in [-0.15, -0.1) is 11.3 Å². The van der Waals surface area contributed by atoms with Gasteiger partial charge in [-0.1, -0.05) is 28.1 Å². The molecule has 0 radical (unpaired) electrons. The van der Waals surface area contributed by atoms with E-state index in [2.05, 4.69) is 27.0 Å². The molecule has 0 saturated heterocycles. The lowest BCUT2D eigenvalue weighted by Crippen LogP contribution is -2.07. The van der Waals surface area contributed by atoms with Gasteiger partial charge in [-0.25, -0.2) is 0 Å². The number of hydrogen-bond donors (Lipinski definition) is 0. The number of halogens is 1. The minimum absolute atomic E-state index is 0.319. The Morgan fingerprint density at radius 3 is 2.88 bits per heavy atom. The second-order valence-corrected chi connectivity index (χ2v) is 6.82. The summed E-state index contributed by atoms with van der Waals surface area (Å²) in [5, 5.41) is 10.5. The third-order valence-electron chi connectivity index (χ3n) is 3.37. The first-order valence-electron chi connectivity index (χ1n) is 6.98. The van der Waals surface area contributed by atoms with E-state index in [1.807, 2.05) is 24.3 Å². The normalized spacial score (nSPS) is 11.3. The molecule has 0 aliphatic carbocycles. The average molecular weight is 399 g/mol. The quantitative estimate of drug-likeness (QED) is 0.609. The number of nitrogens with zero attached hydrogens (tertiary/aromatic N) is 2. The second-order valence-electron chi connectivity index (χ2n) is 4.88. The van der Waals surface area contributed by atoms with E-state index in [0.29, 0.717) is 21.7 Å². The lowest BCUT2D eigenvalue weighted by molar-refractivity contribution is 0.414. The molecular weight excluding hydrogens is 388 g/mol. The summed E-state index contributed by atoms with van der Waals surface area (Å²) in [4.78, 5) is 16.2. The molecule has 2 aromatic carbocycles. The summed E-state index contributed by atoms with van der Waals surface area (Å²) >= 11 is 4.72. The molecule has 3 rings (SSSR count). The predicted octanol–water partition coefficient (Wildman–Crippen LogP) is 4.49. The van der Waals surface area contributed by atoms with Gasteiger partial charge in [-0.05, 0) is 36.4 Å². The fraction of sp³-hybridized carbons (Fsp3) is 0.0556. The van der Waals surface area contributed by atoms with Crippen molar-refractivity contribution in [2.24, 2.45) is 0 Å². The zero-order valence-corrected chi connectivity index (χ0v) is 15.0. The van der Waals surface area contributed by atoms with Crippen molar-refractivity contribution in [3.63, 3.8) is 0 Å². The van der Waals surface area contributed by atoms with E-state index in [9.17, 15) is 10.1 Å². The van der Waals surface area contributed by atoms with Gasteiger partial charge in [0.05, 0.1) is 18.1 Å². The maximum Gasteiger partial charge on any atom is 0.279 e. The molecule has 6 heteroatoms. The first-order chi connectivity index (χ1) is 11.6. The topological polar surface area (TPSA) is 63.0 Å². The van der Waals surface area contributed by atoms with Crippen LogP contribution in [0.4, 0.5) is 0 Å². The molecule has 0 spiro atoms. The third-order valence-corrected chi connectivity index (χ3v) is 4.94. The van der Waals surface area contributed by atoms with Crippen LogP contribution in [0.5, 0.6) is 5.75 Å². The third kappa shape index (κ3) is 3.23. The molecule has 24 heavy (non-hydrogen) atoms. The van der Waals surface area contributed by atoms with Gasteiger partial charge in [0.15, 0.2) is 0 Å². The minimum atomic E-state index is -0.332. The molecule has 1 aromatic heterocycles. The number of benzene rings is 2. The van der Waals surface area contributed by atoms with Gasteiger partial charge < -0.3 is 4.74 Å². The maximum atomic E-state index is 12.2. The van der Waals surface area contributed by atoms with Crippen molar-refractivity contribution < 1.29 is 4.74 Å². The van der Waals surface area contributed by atoms with Gasteiger partial charge in [-0.3, -0.25) is 4.79 Å². The number of rotatable bonds is 3. The minimum Gasteiger partial charge on any atom is -0.496 e. The monoisotopic (exact) mass is 398 g/mol. The van der Waals surface area contributed by atoms with Crippen LogP contribution in [0.2, 0.25) is 0 Å². The van der Waals surface area contributed by atoms with Crippen LogP contribution in [0.1, 0.15) is 10.6 Å². The van der Waals surface area contributed by atoms with Crippen LogP contribution in [0.15, 0.2) is 51.7 Å². The standard InChI is InChI=1S/C18H11BrN2O2S/c1-23-15-7-6-13(19)9-11(15)8-12(10-20)18-21-17(22)14-4-2-3-5-16(14)24-18/h2-9H,1H3. The maximum absolute atomic E-state index is 12.2. The lowest BCUT2D eigenvalue weighted by Gasteiger charge is -2.06. The largest absolute Gasteiger partial charge is 0.496 e. The van der Waals surface area contributed by atoms with Gasteiger partial charge in [0.2, 0.25) is 0 Å². The van der Waals surface area contributed by atoms with Crippen molar-refractivity contribution in [1.29, 1.82) is 5.26 Å². The van der Waals surface area contributed by atoms with Crippen LogP contribution in [-0.4, -0.2) is 12.1 Å². The van der Waals surface area contributed by atoms with Crippen LogP contribution in [-0.2, 0) is 0 Å². The summed E-state index contributed by atoms with van der Waals surface area (Å²) in [5.74, 6) is 0.638. The van der Waals surface area contributed by atoms with E-state index in [1.54, 1.807) is 31.4 Å². The van der Waals surface area contributed by atoms with Crippen molar-refractivity contribution >= 4 is 49.0 Å². The summed E-state index contributed by atoms with van der Waals surface area (Å²) < 4.78 is 6.99. The molecule has 3 aromatic rings. The Morgan fingerprint density at radius 2 is 2.12 bits per heavy atom. The summed E-state index contributed by atoms with van der Waals surface area (Å²) in [6.07, 6.45) is 1.68. The summed E-state index contributed by atoms with van der Waals surface area (Å²) in [7, 11) is 1.57. The fourth-order valence-electron chi connectivity index (χ4n) is 2.24. The van der Waals surface area contributed by atoms with Gasteiger partial charge in [0, 0.05) is 14.7 Å². The molecule has 0 aliphatic rings. The molecule has 1 heterocycles. The highest BCUT2D eigenvalue weighted by Gasteiger charge is 2.10. The number of hydrogen-bond acceptors (Lipinski definition) is 5. The number of methoxy groups -OCH3 is 1. The van der Waals surface area contributed by atoms with Crippen molar-refractivity contribution in [1.82, 2.24) is 4.98 Å². The summed E-state index contributed by atoms with van der Waals surface area (Å²) in [6.45, 7) is 0. The Kier molecular flexibility index (Phi) is 4.74.